The van der Waals surface area contributed by atoms with E-state index in [0.717, 1.165) is 27.6 Å². The van der Waals surface area contributed by atoms with E-state index in [1.165, 1.54) is 0 Å². The van der Waals surface area contributed by atoms with Crippen molar-refractivity contribution in [3.8, 4) is 22.5 Å². The van der Waals surface area contributed by atoms with Crippen LogP contribution in [0.3, 0.4) is 0 Å². The molecule has 0 aromatic heterocycles. The van der Waals surface area contributed by atoms with Crippen molar-refractivity contribution in [2.24, 2.45) is 0 Å². The van der Waals surface area contributed by atoms with Crippen molar-refractivity contribution in [1.82, 2.24) is 15.2 Å². The highest BCUT2D eigenvalue weighted by atomic mass is 35.5. The number of nitrogens with one attached hydrogen (secondary N) is 2. The second-order valence-electron chi connectivity index (χ2n) is 9.50. The SMILES string of the molecule is CN(CCNC(=O)CCl)c1ccc2c(-c3ccccc3C(=O)O)c3ccc(=[N+](C)CCNC(=O)CCl)cc-3oc2c1. The van der Waals surface area contributed by atoms with Gasteiger partial charge in [0.05, 0.1) is 18.2 Å². The van der Waals surface area contributed by atoms with E-state index in [4.69, 9.17) is 27.6 Å². The number of anilines is 1. The van der Waals surface area contributed by atoms with Gasteiger partial charge in [0.2, 0.25) is 17.2 Å². The monoisotopic (exact) mass is 597 g/mol. The highest BCUT2D eigenvalue weighted by molar-refractivity contribution is 6.27. The molecular formula is C30H31Cl2N4O5+. The van der Waals surface area contributed by atoms with Crippen LogP contribution < -0.4 is 25.5 Å². The molecule has 0 saturated heterocycles. The van der Waals surface area contributed by atoms with Crippen molar-refractivity contribution in [3.05, 3.63) is 71.6 Å². The normalized spacial score (nSPS) is 11.8. The first-order valence-corrected chi connectivity index (χ1v) is 14.0. The first-order valence-electron chi connectivity index (χ1n) is 13.0. The van der Waals surface area contributed by atoms with Crippen LogP contribution in [0.15, 0.2) is 65.1 Å². The molecule has 0 saturated carbocycles. The number of hydrogen-bond donors (Lipinski definition) is 3. The van der Waals surface area contributed by atoms with Crippen LogP contribution in [0.1, 0.15) is 10.4 Å². The van der Waals surface area contributed by atoms with Crippen LogP contribution in [0.25, 0.3) is 33.4 Å². The van der Waals surface area contributed by atoms with Crippen LogP contribution in [0, 0.1) is 0 Å². The third-order valence-corrected chi connectivity index (χ3v) is 7.26. The summed E-state index contributed by atoms with van der Waals surface area (Å²) in [4.78, 5) is 37.2. The fraction of sp³-hybridized carbons (Fsp3) is 0.267. The average Bonchev–Trinajstić information content (AvgIpc) is 2.98. The average molecular weight is 599 g/mol. The van der Waals surface area contributed by atoms with E-state index in [9.17, 15) is 19.5 Å². The molecule has 1 aliphatic carbocycles. The zero-order chi connectivity index (χ0) is 29.5. The molecule has 11 heteroatoms. The maximum atomic E-state index is 12.2. The summed E-state index contributed by atoms with van der Waals surface area (Å²) in [6.07, 6.45) is 0. The van der Waals surface area contributed by atoms with Gasteiger partial charge in [0.1, 0.15) is 30.2 Å². The van der Waals surface area contributed by atoms with Crippen molar-refractivity contribution >= 4 is 57.6 Å². The van der Waals surface area contributed by atoms with Crippen molar-refractivity contribution in [3.63, 3.8) is 0 Å². The van der Waals surface area contributed by atoms with Gasteiger partial charge < -0.3 is 25.1 Å². The highest BCUT2D eigenvalue weighted by Gasteiger charge is 2.22. The van der Waals surface area contributed by atoms with Gasteiger partial charge in [-0.05, 0) is 29.8 Å². The van der Waals surface area contributed by atoms with E-state index in [-0.39, 0.29) is 29.1 Å². The maximum Gasteiger partial charge on any atom is 0.336 e. The number of halogens is 2. The Kier molecular flexibility index (Phi) is 9.86. The summed E-state index contributed by atoms with van der Waals surface area (Å²) in [5.74, 6) is -1.09. The van der Waals surface area contributed by atoms with E-state index in [2.05, 4.69) is 10.6 Å². The fourth-order valence-corrected chi connectivity index (χ4v) is 4.79. The molecule has 2 aromatic carbocycles. The fourth-order valence-electron chi connectivity index (χ4n) is 4.60. The third-order valence-electron chi connectivity index (χ3n) is 6.78. The number of aromatic carboxylic acids is 1. The summed E-state index contributed by atoms with van der Waals surface area (Å²) in [5.41, 5.74) is 3.74. The lowest BCUT2D eigenvalue weighted by molar-refractivity contribution is -0.119. The Bertz CT molecular complexity index is 1640. The number of carboxylic acid groups (broad SMARTS) is 1. The molecule has 3 N–H and O–H groups in total. The number of amides is 2. The maximum absolute atomic E-state index is 12.2. The quantitative estimate of drug-likeness (QED) is 0.139. The van der Waals surface area contributed by atoms with Crippen molar-refractivity contribution < 1.29 is 23.9 Å². The molecule has 0 fully saturated rings. The largest absolute Gasteiger partial charge is 0.478 e. The Morgan fingerprint density at radius 3 is 2.34 bits per heavy atom. The lowest BCUT2D eigenvalue weighted by atomic mass is 9.90. The summed E-state index contributed by atoms with van der Waals surface area (Å²) in [7, 11) is 3.82. The molecule has 41 heavy (non-hydrogen) atoms. The predicted molar refractivity (Wildman–Crippen MR) is 162 cm³/mol. The summed E-state index contributed by atoms with van der Waals surface area (Å²) in [5, 5.41) is 17.1. The van der Waals surface area contributed by atoms with Crippen LogP contribution in [-0.4, -0.2) is 74.9 Å². The molecule has 2 amide bonds. The van der Waals surface area contributed by atoms with Gasteiger partial charge in [-0.1, -0.05) is 18.2 Å². The number of carbonyl (C=O) groups is 3. The van der Waals surface area contributed by atoms with Gasteiger partial charge in [0.15, 0.2) is 6.54 Å². The van der Waals surface area contributed by atoms with Gasteiger partial charge in [-0.2, -0.15) is 0 Å². The van der Waals surface area contributed by atoms with Crippen LogP contribution in [0.4, 0.5) is 5.69 Å². The minimum atomic E-state index is -1.02. The van der Waals surface area contributed by atoms with Gasteiger partial charge in [-0.25, -0.2) is 9.37 Å². The number of benzene rings is 3. The number of fused-ring (bicyclic) bond motifs is 2. The lowest BCUT2D eigenvalue weighted by Crippen LogP contribution is -2.35. The number of hydrogen-bond acceptors (Lipinski definition) is 5. The van der Waals surface area contributed by atoms with Crippen LogP contribution in [0.2, 0.25) is 0 Å². The van der Waals surface area contributed by atoms with Crippen molar-refractivity contribution in [2.45, 2.75) is 0 Å². The number of alkyl halides is 2. The van der Waals surface area contributed by atoms with E-state index in [0.29, 0.717) is 43.1 Å². The van der Waals surface area contributed by atoms with Gasteiger partial charge in [0.25, 0.3) is 0 Å². The Balaban J connectivity index is 1.85. The summed E-state index contributed by atoms with van der Waals surface area (Å²) < 4.78 is 8.42. The molecule has 1 heterocycles. The number of likely N-dealkylation sites (N-methyl/N-ethyl adjacent to an activating group) is 2. The number of carbonyl (C=O) groups excluding carboxylic acids is 2. The standard InChI is InChI=1S/C30H30Cl2N4O5/c1-35(13-11-33-27(37)17-31)19-7-9-23-25(15-19)41-26-16-20(36(2)14-12-34-28(38)18-32)8-10-24(26)29(23)21-5-3-4-6-22(21)30(39)40/h3-10,15-16H,11-14,17-18H2,1-2H3,(H2-,33,34,37,38,39,40)/p+1. The molecule has 4 rings (SSSR count). The van der Waals surface area contributed by atoms with Gasteiger partial charge in [0, 0.05) is 54.5 Å². The molecule has 0 spiro atoms. The Morgan fingerprint density at radius 1 is 0.927 bits per heavy atom. The lowest BCUT2D eigenvalue weighted by Gasteiger charge is -2.21. The van der Waals surface area contributed by atoms with E-state index in [1.54, 1.807) is 18.2 Å². The van der Waals surface area contributed by atoms with E-state index < -0.39 is 5.97 Å². The van der Waals surface area contributed by atoms with Crippen LogP contribution in [-0.2, 0) is 9.59 Å². The third kappa shape index (κ3) is 6.99. The Hall–Kier alpha value is -4.08. The molecule has 0 radical (unpaired) electrons. The van der Waals surface area contributed by atoms with Gasteiger partial charge in [-0.15, -0.1) is 23.2 Å². The highest BCUT2D eigenvalue weighted by Crippen LogP contribution is 2.41. The smallest absolute Gasteiger partial charge is 0.336 e. The zero-order valence-corrected chi connectivity index (χ0v) is 24.3. The molecule has 2 aromatic rings. The van der Waals surface area contributed by atoms with E-state index in [1.807, 2.05) is 66.0 Å². The minimum Gasteiger partial charge on any atom is -0.478 e. The summed E-state index contributed by atoms with van der Waals surface area (Å²) >= 11 is 11.1. The number of carboxylic acids is 1. The molecule has 1 aliphatic heterocycles. The van der Waals surface area contributed by atoms with Crippen LogP contribution in [0.5, 0.6) is 0 Å². The summed E-state index contributed by atoms with van der Waals surface area (Å²) in [6, 6.07) is 18.5. The van der Waals surface area contributed by atoms with Crippen molar-refractivity contribution in [2.75, 3.05) is 56.9 Å². The van der Waals surface area contributed by atoms with Gasteiger partial charge in [-0.3, -0.25) is 9.59 Å². The molecule has 2 aliphatic rings. The molecule has 214 valence electrons. The zero-order valence-electron chi connectivity index (χ0n) is 22.7. The Labute approximate surface area is 247 Å². The van der Waals surface area contributed by atoms with Gasteiger partial charge >= 0.3 is 5.97 Å². The first-order chi connectivity index (χ1) is 19.7. The topological polar surface area (TPSA) is 115 Å². The number of nitrogens with zero attached hydrogens (tertiary/aromatic N) is 2. The number of rotatable bonds is 11. The molecule has 0 unspecified atom stereocenters. The second kappa shape index (κ2) is 13.5. The van der Waals surface area contributed by atoms with Crippen LogP contribution >= 0.6 is 23.2 Å². The van der Waals surface area contributed by atoms with Crippen molar-refractivity contribution in [1.29, 1.82) is 0 Å². The molecular weight excluding hydrogens is 567 g/mol. The molecule has 0 atom stereocenters. The first kappa shape index (κ1) is 29.9. The molecule has 0 bridgehead atoms. The molecule has 9 nitrogen and oxygen atoms in total. The van der Waals surface area contributed by atoms with E-state index >= 15 is 0 Å². The minimum absolute atomic E-state index is 0.0918. The summed E-state index contributed by atoms with van der Waals surface area (Å²) in [6.45, 7) is 1.94. The second-order valence-corrected chi connectivity index (χ2v) is 10.0. The predicted octanol–water partition coefficient (Wildman–Crippen LogP) is 3.45. The Morgan fingerprint density at radius 2 is 1.63 bits per heavy atom.